The van der Waals surface area contributed by atoms with Crippen LogP contribution in [-0.2, 0) is 19.3 Å². The van der Waals surface area contributed by atoms with Crippen LogP contribution in [0.3, 0.4) is 0 Å². The van der Waals surface area contributed by atoms with Crippen LogP contribution < -0.4 is 5.73 Å². The van der Waals surface area contributed by atoms with Crippen molar-refractivity contribution in [2.75, 3.05) is 0 Å². The third-order valence-corrected chi connectivity index (χ3v) is 2.64. The van der Waals surface area contributed by atoms with Crippen molar-refractivity contribution in [2.45, 2.75) is 38.5 Å². The number of hydrogen-bond donors (Lipinski definition) is 2. The van der Waals surface area contributed by atoms with Crippen LogP contribution >= 0.6 is 0 Å². The van der Waals surface area contributed by atoms with Crippen molar-refractivity contribution in [1.29, 1.82) is 5.41 Å². The SMILES string of the molecule is N=C(N)Cc1onc2c1CCCCC2. The third kappa shape index (κ3) is 1.78. The maximum Gasteiger partial charge on any atom is 0.147 e. The lowest BCUT2D eigenvalue weighted by Crippen LogP contribution is -2.13. The molecule has 1 aliphatic carbocycles. The maximum absolute atomic E-state index is 7.23. The Bertz CT molecular complexity index is 343. The minimum atomic E-state index is 0.146. The van der Waals surface area contributed by atoms with E-state index in [4.69, 9.17) is 15.7 Å². The van der Waals surface area contributed by atoms with Crippen LogP contribution in [0.1, 0.15) is 36.3 Å². The number of fused-ring (bicyclic) bond motifs is 1. The van der Waals surface area contributed by atoms with Crippen molar-refractivity contribution < 1.29 is 4.52 Å². The number of hydrogen-bond acceptors (Lipinski definition) is 3. The van der Waals surface area contributed by atoms with Gasteiger partial charge in [0.2, 0.25) is 0 Å². The molecule has 0 radical (unpaired) electrons. The molecule has 14 heavy (non-hydrogen) atoms. The number of aryl methyl sites for hydroxylation is 1. The summed E-state index contributed by atoms with van der Waals surface area (Å²) < 4.78 is 5.21. The van der Waals surface area contributed by atoms with Crippen LogP contribution in [-0.4, -0.2) is 11.0 Å². The van der Waals surface area contributed by atoms with Gasteiger partial charge < -0.3 is 10.3 Å². The van der Waals surface area contributed by atoms with Crippen LogP contribution in [0.15, 0.2) is 4.52 Å². The predicted molar refractivity (Wildman–Crippen MR) is 53.4 cm³/mol. The van der Waals surface area contributed by atoms with Crippen molar-refractivity contribution >= 4 is 5.84 Å². The van der Waals surface area contributed by atoms with E-state index >= 15 is 0 Å². The molecule has 76 valence electrons. The van der Waals surface area contributed by atoms with E-state index in [0.717, 1.165) is 24.3 Å². The molecule has 0 atom stereocenters. The highest BCUT2D eigenvalue weighted by Crippen LogP contribution is 2.23. The Morgan fingerprint density at radius 3 is 2.93 bits per heavy atom. The van der Waals surface area contributed by atoms with Gasteiger partial charge >= 0.3 is 0 Å². The van der Waals surface area contributed by atoms with E-state index in [-0.39, 0.29) is 5.84 Å². The Labute approximate surface area is 83.0 Å². The van der Waals surface area contributed by atoms with Gasteiger partial charge in [0.05, 0.1) is 18.0 Å². The molecule has 4 nitrogen and oxygen atoms in total. The topological polar surface area (TPSA) is 75.9 Å². The molecule has 0 fully saturated rings. The first kappa shape index (κ1) is 9.24. The fraction of sp³-hybridized carbons (Fsp3) is 0.600. The zero-order valence-electron chi connectivity index (χ0n) is 8.18. The molecule has 3 N–H and O–H groups in total. The summed E-state index contributed by atoms with van der Waals surface area (Å²) in [5.41, 5.74) is 7.64. The normalized spacial score (nSPS) is 16.0. The molecule has 1 aromatic rings. The molecule has 0 bridgehead atoms. The molecular formula is C10H15N3O. The first-order valence-corrected chi connectivity index (χ1v) is 5.06. The largest absolute Gasteiger partial charge is 0.387 e. The van der Waals surface area contributed by atoms with E-state index in [1.165, 1.54) is 24.8 Å². The summed E-state index contributed by atoms with van der Waals surface area (Å²) in [6.45, 7) is 0. The lowest BCUT2D eigenvalue weighted by Gasteiger charge is -1.98. The number of nitrogens with one attached hydrogen (secondary N) is 1. The van der Waals surface area contributed by atoms with Crippen LogP contribution in [0.25, 0.3) is 0 Å². The van der Waals surface area contributed by atoms with Gasteiger partial charge in [-0.15, -0.1) is 0 Å². The minimum absolute atomic E-state index is 0.146. The van der Waals surface area contributed by atoms with Gasteiger partial charge in [-0.1, -0.05) is 11.6 Å². The first-order chi connectivity index (χ1) is 6.77. The molecule has 0 unspecified atom stereocenters. The predicted octanol–water partition coefficient (Wildman–Crippen LogP) is 1.42. The van der Waals surface area contributed by atoms with Crippen LogP contribution in [0.4, 0.5) is 0 Å². The Balaban J connectivity index is 2.24. The molecule has 1 aromatic heterocycles. The number of rotatable bonds is 2. The van der Waals surface area contributed by atoms with Crippen molar-refractivity contribution in [1.82, 2.24) is 5.16 Å². The second-order valence-corrected chi connectivity index (χ2v) is 3.79. The highest BCUT2D eigenvalue weighted by atomic mass is 16.5. The van der Waals surface area contributed by atoms with E-state index < -0.39 is 0 Å². The van der Waals surface area contributed by atoms with E-state index in [1.807, 2.05) is 0 Å². The molecule has 1 aliphatic rings. The monoisotopic (exact) mass is 193 g/mol. The molecule has 0 saturated heterocycles. The van der Waals surface area contributed by atoms with Gasteiger partial charge in [0.1, 0.15) is 5.76 Å². The third-order valence-electron chi connectivity index (χ3n) is 2.64. The molecular weight excluding hydrogens is 178 g/mol. The molecule has 4 heteroatoms. The summed E-state index contributed by atoms with van der Waals surface area (Å²) in [6, 6.07) is 0. The second kappa shape index (κ2) is 3.82. The van der Waals surface area contributed by atoms with E-state index in [1.54, 1.807) is 0 Å². The van der Waals surface area contributed by atoms with E-state index in [2.05, 4.69) is 5.16 Å². The number of nitrogens with zero attached hydrogens (tertiary/aromatic N) is 1. The van der Waals surface area contributed by atoms with Gasteiger partial charge in [-0.3, -0.25) is 5.41 Å². The van der Waals surface area contributed by atoms with Crippen molar-refractivity contribution in [2.24, 2.45) is 5.73 Å². The second-order valence-electron chi connectivity index (χ2n) is 3.79. The standard InChI is InChI=1S/C10H15N3O/c11-10(12)6-9-7-4-2-1-3-5-8(7)13-14-9/h1-6H2,(H3,11,12). The minimum Gasteiger partial charge on any atom is -0.387 e. The van der Waals surface area contributed by atoms with Gasteiger partial charge in [-0.05, 0) is 25.7 Å². The molecule has 0 saturated carbocycles. The van der Waals surface area contributed by atoms with Crippen LogP contribution in [0, 0.1) is 5.41 Å². The Kier molecular flexibility index (Phi) is 2.52. The summed E-state index contributed by atoms with van der Waals surface area (Å²) in [6.07, 6.45) is 6.09. The Morgan fingerprint density at radius 2 is 2.14 bits per heavy atom. The Hall–Kier alpha value is -1.32. The Morgan fingerprint density at radius 1 is 1.36 bits per heavy atom. The van der Waals surface area contributed by atoms with Gasteiger partial charge in [-0.25, -0.2) is 0 Å². The van der Waals surface area contributed by atoms with Gasteiger partial charge in [-0.2, -0.15) is 0 Å². The van der Waals surface area contributed by atoms with Gasteiger partial charge in [0.25, 0.3) is 0 Å². The first-order valence-electron chi connectivity index (χ1n) is 5.06. The van der Waals surface area contributed by atoms with Crippen molar-refractivity contribution in [3.8, 4) is 0 Å². The zero-order chi connectivity index (χ0) is 9.97. The summed E-state index contributed by atoms with van der Waals surface area (Å²) in [5.74, 6) is 0.947. The summed E-state index contributed by atoms with van der Waals surface area (Å²) >= 11 is 0. The summed E-state index contributed by atoms with van der Waals surface area (Å²) in [5, 5.41) is 11.3. The lowest BCUT2D eigenvalue weighted by molar-refractivity contribution is 0.382. The maximum atomic E-state index is 7.23. The zero-order valence-corrected chi connectivity index (χ0v) is 8.18. The van der Waals surface area contributed by atoms with Crippen LogP contribution in [0.2, 0.25) is 0 Å². The summed E-state index contributed by atoms with van der Waals surface area (Å²) in [4.78, 5) is 0. The average Bonchev–Trinajstić information content (AvgIpc) is 2.37. The van der Waals surface area contributed by atoms with E-state index in [9.17, 15) is 0 Å². The van der Waals surface area contributed by atoms with E-state index in [0.29, 0.717) is 6.42 Å². The van der Waals surface area contributed by atoms with Crippen LogP contribution in [0.5, 0.6) is 0 Å². The van der Waals surface area contributed by atoms with Gasteiger partial charge in [0, 0.05) is 5.56 Å². The highest BCUT2D eigenvalue weighted by Gasteiger charge is 2.18. The van der Waals surface area contributed by atoms with Crippen molar-refractivity contribution in [3.63, 3.8) is 0 Å². The molecule has 0 aromatic carbocycles. The molecule has 0 amide bonds. The van der Waals surface area contributed by atoms with Gasteiger partial charge in [0.15, 0.2) is 0 Å². The molecule has 0 aliphatic heterocycles. The number of aromatic nitrogens is 1. The number of nitrogens with two attached hydrogens (primary N) is 1. The smallest absolute Gasteiger partial charge is 0.147 e. The fourth-order valence-electron chi connectivity index (χ4n) is 1.94. The summed E-state index contributed by atoms with van der Waals surface area (Å²) in [7, 11) is 0. The highest BCUT2D eigenvalue weighted by molar-refractivity contribution is 5.79. The fourth-order valence-corrected chi connectivity index (χ4v) is 1.94. The number of amidine groups is 1. The molecule has 2 rings (SSSR count). The lowest BCUT2D eigenvalue weighted by atomic mass is 10.1. The quantitative estimate of drug-likeness (QED) is 0.423. The molecule has 1 heterocycles. The molecule has 0 spiro atoms. The van der Waals surface area contributed by atoms with Crippen molar-refractivity contribution in [3.05, 3.63) is 17.0 Å². The average molecular weight is 193 g/mol.